The number of ether oxygens (including phenoxy) is 1. The Balaban J connectivity index is 0.812. The number of thiazole rings is 1. The maximum atomic E-state index is 14.1. The summed E-state index contributed by atoms with van der Waals surface area (Å²) in [5, 5.41) is 37.9. The molecule has 0 bridgehead atoms. The summed E-state index contributed by atoms with van der Waals surface area (Å²) in [6, 6.07) is 22.6. The number of nitrogen functional groups attached to an aromatic ring is 1. The molecule has 0 saturated carbocycles. The van der Waals surface area contributed by atoms with E-state index < -0.39 is 29.5 Å². The lowest BCUT2D eigenvalue weighted by molar-refractivity contribution is -0.144. The van der Waals surface area contributed by atoms with Crippen molar-refractivity contribution in [2.45, 2.75) is 91.1 Å². The number of para-hydroxylation sites is 1. The molecule has 354 valence electrons. The van der Waals surface area contributed by atoms with Crippen LogP contribution < -0.4 is 26.4 Å². The number of aromatic hydroxyl groups is 1. The van der Waals surface area contributed by atoms with Crippen molar-refractivity contribution in [3.63, 3.8) is 0 Å². The van der Waals surface area contributed by atoms with E-state index in [1.165, 1.54) is 4.90 Å². The Morgan fingerprint density at radius 3 is 2.22 bits per heavy atom. The number of β-amino-alcohol motifs (C(OH)–C–C–N with tert-alkyl or cyclic N) is 1. The number of nitrogens with zero attached hydrogens (tertiary/aromatic N) is 5. The third-order valence-electron chi connectivity index (χ3n) is 12.4. The fraction of sp³-hybridized carbons (Fsp3) is 0.420. The van der Waals surface area contributed by atoms with Crippen LogP contribution in [0.1, 0.15) is 68.8 Å². The number of nitrogens with two attached hydrogens (primary N) is 1. The summed E-state index contributed by atoms with van der Waals surface area (Å²) in [5.74, 6) is -0.528. The molecule has 5 aromatic rings. The van der Waals surface area contributed by atoms with E-state index in [2.05, 4.69) is 36.0 Å². The molecule has 2 aliphatic heterocycles. The highest BCUT2D eigenvalue weighted by atomic mass is 32.1. The predicted molar refractivity (Wildman–Crippen MR) is 256 cm³/mol. The number of phenolic OH excluding ortho intramolecular Hbond substituents is 1. The van der Waals surface area contributed by atoms with Gasteiger partial charge in [0.25, 0.3) is 0 Å². The summed E-state index contributed by atoms with van der Waals surface area (Å²) in [6.45, 7) is 10.4. The van der Waals surface area contributed by atoms with Crippen molar-refractivity contribution in [2.75, 3.05) is 38.5 Å². The van der Waals surface area contributed by atoms with E-state index in [-0.39, 0.29) is 61.1 Å². The molecule has 0 aliphatic carbocycles. The summed E-state index contributed by atoms with van der Waals surface area (Å²) < 4.78 is 5.92. The van der Waals surface area contributed by atoms with Gasteiger partial charge in [-0.25, -0.2) is 4.98 Å². The van der Waals surface area contributed by atoms with Crippen molar-refractivity contribution >= 4 is 40.8 Å². The molecule has 0 spiro atoms. The molecule has 17 heteroatoms. The van der Waals surface area contributed by atoms with Crippen LogP contribution in [-0.2, 0) is 38.7 Å². The van der Waals surface area contributed by atoms with Crippen molar-refractivity contribution in [1.29, 1.82) is 0 Å². The first-order valence-electron chi connectivity index (χ1n) is 22.8. The molecular formula is C50H61N9O7S. The molecule has 2 aromatic heterocycles. The number of aromatic nitrogens is 3. The first-order chi connectivity index (χ1) is 32.1. The van der Waals surface area contributed by atoms with E-state index in [9.17, 15) is 29.4 Å². The summed E-state index contributed by atoms with van der Waals surface area (Å²) in [4.78, 5) is 63.1. The molecule has 2 aliphatic rings. The minimum atomic E-state index is -0.912. The molecule has 16 nitrogen and oxygen atoms in total. The van der Waals surface area contributed by atoms with Crippen LogP contribution in [0.2, 0.25) is 0 Å². The molecule has 0 unspecified atom stereocenters. The molecule has 3 aromatic carbocycles. The van der Waals surface area contributed by atoms with Gasteiger partial charge in [-0.2, -0.15) is 0 Å². The minimum Gasteiger partial charge on any atom is -0.507 e. The van der Waals surface area contributed by atoms with Crippen molar-refractivity contribution in [1.82, 2.24) is 40.9 Å². The number of amides is 4. The van der Waals surface area contributed by atoms with Gasteiger partial charge in [0, 0.05) is 63.0 Å². The van der Waals surface area contributed by atoms with Gasteiger partial charge in [0.15, 0.2) is 11.6 Å². The smallest absolute Gasteiger partial charge is 0.246 e. The number of likely N-dealkylation sites (tertiary alicyclic amines) is 2. The van der Waals surface area contributed by atoms with Crippen LogP contribution in [0.15, 0.2) is 84.4 Å². The van der Waals surface area contributed by atoms with Crippen molar-refractivity contribution in [3.8, 4) is 33.2 Å². The van der Waals surface area contributed by atoms with Gasteiger partial charge in [-0.05, 0) is 72.7 Å². The number of anilines is 1. The average molecular weight is 932 g/mol. The van der Waals surface area contributed by atoms with Gasteiger partial charge in [0.2, 0.25) is 23.6 Å². The van der Waals surface area contributed by atoms with Crippen LogP contribution in [-0.4, -0.2) is 110 Å². The normalized spacial score (nSPS) is 17.2. The second-order valence-electron chi connectivity index (χ2n) is 18.4. The zero-order valence-electron chi connectivity index (χ0n) is 38.5. The Morgan fingerprint density at radius 2 is 1.57 bits per heavy atom. The number of aliphatic hydroxyl groups is 1. The second kappa shape index (κ2) is 21.9. The van der Waals surface area contributed by atoms with Gasteiger partial charge < -0.3 is 46.4 Å². The number of carbonyl (C=O) groups excluding carboxylic acids is 4. The standard InChI is InChI=1S/C50H61N9O7S/c1-31-44(67-30-54-31)35-15-13-34(14-16-35)28-53-48(64)40-25-37(60)29-59(40)49(65)45(50(2,3)4)55-43(62)19-23-58-21-17-36(18-22-58)47(63)52-27-33-11-9-32(10-12-33)20-24-66-42-26-39(56-57-46(42)51)38-7-5-6-8-41(38)61/h5-16,26,30,36-37,40,45,60-61H,17-25,27-29H2,1-4H3,(H2,51,57)(H,52,63)(H,53,64)(H,55,62)/t37-,40+,45-/m1/s1. The zero-order chi connectivity index (χ0) is 47.7. The fourth-order valence-electron chi connectivity index (χ4n) is 8.45. The number of benzene rings is 3. The maximum Gasteiger partial charge on any atom is 0.246 e. The van der Waals surface area contributed by atoms with E-state index in [1.54, 1.807) is 41.7 Å². The number of nitrogens with one attached hydrogen (secondary N) is 3. The van der Waals surface area contributed by atoms with E-state index in [1.807, 2.05) is 81.7 Å². The highest BCUT2D eigenvalue weighted by molar-refractivity contribution is 7.13. The Labute approximate surface area is 395 Å². The number of phenols is 1. The first kappa shape index (κ1) is 48.5. The van der Waals surface area contributed by atoms with Crippen molar-refractivity contribution < 1.29 is 34.1 Å². The molecule has 7 rings (SSSR count). The molecular weight excluding hydrogens is 871 g/mol. The Bertz CT molecular complexity index is 2500. The fourth-order valence-corrected chi connectivity index (χ4v) is 9.26. The van der Waals surface area contributed by atoms with Gasteiger partial charge in [0.1, 0.15) is 23.5 Å². The number of aliphatic hydroxyl groups excluding tert-OH is 1. The van der Waals surface area contributed by atoms with Crippen LogP contribution in [0.4, 0.5) is 5.82 Å². The quantitative estimate of drug-likeness (QED) is 0.0724. The average Bonchev–Trinajstić information content (AvgIpc) is 3.94. The summed E-state index contributed by atoms with van der Waals surface area (Å²) in [6.07, 6.45) is 1.37. The van der Waals surface area contributed by atoms with Gasteiger partial charge in [-0.1, -0.05) is 81.4 Å². The number of carbonyl (C=O) groups is 4. The van der Waals surface area contributed by atoms with Crippen LogP contribution in [0.25, 0.3) is 21.7 Å². The Hall–Kier alpha value is -6.43. The molecule has 2 saturated heterocycles. The lowest BCUT2D eigenvalue weighted by Gasteiger charge is -2.35. The SMILES string of the molecule is Cc1ncsc1-c1ccc(CNC(=O)[C@@H]2C[C@@H](O)CN2C(=O)[C@@H](NC(=O)CCN2CCC(C(=O)NCc3ccc(CCOc4cc(-c5ccccc5O)nnc4N)cc3)CC2)C(C)(C)C)cc1. The Morgan fingerprint density at radius 1 is 0.910 bits per heavy atom. The number of piperidine rings is 1. The van der Waals surface area contributed by atoms with Crippen LogP contribution >= 0.6 is 11.3 Å². The summed E-state index contributed by atoms with van der Waals surface area (Å²) in [5.41, 5.74) is 13.1. The molecule has 3 atom stereocenters. The number of aryl methyl sites for hydroxylation is 1. The Kier molecular flexibility index (Phi) is 15.9. The van der Waals surface area contributed by atoms with Gasteiger partial charge in [0.05, 0.1) is 28.8 Å². The van der Waals surface area contributed by atoms with Gasteiger partial charge in [-0.15, -0.1) is 21.5 Å². The summed E-state index contributed by atoms with van der Waals surface area (Å²) in [7, 11) is 0. The second-order valence-corrected chi connectivity index (χ2v) is 19.3. The summed E-state index contributed by atoms with van der Waals surface area (Å²) >= 11 is 1.57. The van der Waals surface area contributed by atoms with Crippen molar-refractivity contribution in [3.05, 3.63) is 107 Å². The zero-order valence-corrected chi connectivity index (χ0v) is 39.4. The molecule has 2 fully saturated rings. The predicted octanol–water partition coefficient (Wildman–Crippen LogP) is 5.01. The minimum absolute atomic E-state index is 0.00161. The lowest BCUT2D eigenvalue weighted by Crippen LogP contribution is -2.58. The number of hydrogen-bond acceptors (Lipinski definition) is 13. The molecule has 0 radical (unpaired) electrons. The van der Waals surface area contributed by atoms with E-state index >= 15 is 0 Å². The van der Waals surface area contributed by atoms with Crippen LogP contribution in [0, 0.1) is 18.3 Å². The molecule has 67 heavy (non-hydrogen) atoms. The van der Waals surface area contributed by atoms with Crippen LogP contribution in [0.5, 0.6) is 11.5 Å². The first-order valence-corrected chi connectivity index (χ1v) is 23.7. The lowest BCUT2D eigenvalue weighted by atomic mass is 9.85. The number of rotatable bonds is 17. The third kappa shape index (κ3) is 12.7. The van der Waals surface area contributed by atoms with E-state index in [0.717, 1.165) is 32.8 Å². The molecule has 4 amide bonds. The van der Waals surface area contributed by atoms with Crippen LogP contribution in [0.3, 0.4) is 0 Å². The molecule has 7 N–H and O–H groups in total. The number of hydrogen-bond donors (Lipinski definition) is 6. The topological polar surface area (TPSA) is 225 Å². The monoisotopic (exact) mass is 931 g/mol. The van der Waals surface area contributed by atoms with Crippen molar-refractivity contribution in [2.24, 2.45) is 11.3 Å². The van der Waals surface area contributed by atoms with Gasteiger partial charge in [-0.3, -0.25) is 19.2 Å². The highest BCUT2D eigenvalue weighted by Crippen LogP contribution is 2.32. The van der Waals surface area contributed by atoms with Gasteiger partial charge >= 0.3 is 0 Å². The molecule has 4 heterocycles. The maximum absolute atomic E-state index is 14.1. The van der Waals surface area contributed by atoms with E-state index in [4.69, 9.17) is 10.5 Å². The largest absolute Gasteiger partial charge is 0.507 e. The van der Waals surface area contributed by atoms with E-state index in [0.29, 0.717) is 69.1 Å². The third-order valence-corrected chi connectivity index (χ3v) is 13.4. The highest BCUT2D eigenvalue weighted by Gasteiger charge is 2.44.